The first-order valence-corrected chi connectivity index (χ1v) is 9.43. The minimum absolute atomic E-state index is 0.165. The summed E-state index contributed by atoms with van der Waals surface area (Å²) in [6.45, 7) is 7.44. The minimum atomic E-state index is -3.27. The molecule has 0 spiro atoms. The Morgan fingerprint density at radius 1 is 1.22 bits per heavy atom. The van der Waals surface area contributed by atoms with E-state index in [2.05, 4.69) is 0 Å². The Labute approximate surface area is 137 Å². The molecule has 0 aliphatic carbocycles. The molecule has 0 saturated heterocycles. The summed E-state index contributed by atoms with van der Waals surface area (Å²) >= 11 is 0. The molecule has 1 aromatic rings. The Bertz CT molecular complexity index is 744. The third-order valence-electron chi connectivity index (χ3n) is 3.86. The smallest absolute Gasteiger partial charge is 0.374 e. The molecule has 1 heterocycles. The van der Waals surface area contributed by atoms with Gasteiger partial charge >= 0.3 is 5.97 Å². The van der Waals surface area contributed by atoms with Crippen molar-refractivity contribution in [3.8, 4) is 0 Å². The van der Waals surface area contributed by atoms with Gasteiger partial charge in [0.1, 0.15) is 5.60 Å². The highest BCUT2D eigenvalue weighted by Crippen LogP contribution is 2.42. The van der Waals surface area contributed by atoms with E-state index in [-0.39, 0.29) is 16.8 Å². The highest BCUT2D eigenvalue weighted by Gasteiger charge is 2.45. The molecule has 0 radical (unpaired) electrons. The Hall–Kier alpha value is -1.82. The van der Waals surface area contributed by atoms with E-state index in [1.54, 1.807) is 12.1 Å². The van der Waals surface area contributed by atoms with Gasteiger partial charge in [-0.1, -0.05) is 19.1 Å². The van der Waals surface area contributed by atoms with Crippen LogP contribution in [0.2, 0.25) is 0 Å². The second-order valence-corrected chi connectivity index (χ2v) is 8.16. The van der Waals surface area contributed by atoms with Crippen LogP contribution in [-0.2, 0) is 24.1 Å². The zero-order valence-corrected chi connectivity index (χ0v) is 14.9. The molecule has 5 nitrogen and oxygen atoms in total. The van der Waals surface area contributed by atoms with Crippen molar-refractivity contribution in [2.24, 2.45) is 0 Å². The fraction of sp³-hybridized carbons (Fsp3) is 0.471. The maximum absolute atomic E-state index is 12.2. The fourth-order valence-corrected chi connectivity index (χ4v) is 3.17. The van der Waals surface area contributed by atoms with Crippen molar-refractivity contribution in [2.45, 2.75) is 50.7 Å². The normalized spacial score (nSPS) is 21.7. The lowest BCUT2D eigenvalue weighted by Gasteiger charge is -2.25. The van der Waals surface area contributed by atoms with Crippen molar-refractivity contribution >= 4 is 21.4 Å². The van der Waals surface area contributed by atoms with E-state index in [1.165, 1.54) is 12.1 Å². The van der Waals surface area contributed by atoms with Crippen molar-refractivity contribution in [3.05, 3.63) is 35.6 Å². The van der Waals surface area contributed by atoms with Gasteiger partial charge in [-0.3, -0.25) is 0 Å². The van der Waals surface area contributed by atoms with Crippen LogP contribution in [0.4, 0.5) is 0 Å². The molecule has 1 aromatic carbocycles. The number of benzene rings is 1. The highest BCUT2D eigenvalue weighted by atomic mass is 32.2. The van der Waals surface area contributed by atoms with Gasteiger partial charge in [-0.25, -0.2) is 13.2 Å². The van der Waals surface area contributed by atoms with Gasteiger partial charge in [-0.15, -0.1) is 0 Å². The van der Waals surface area contributed by atoms with Gasteiger partial charge in [0.25, 0.3) is 0 Å². The Morgan fingerprint density at radius 3 is 2.22 bits per heavy atom. The number of carbonyl (C=O) groups is 1. The SMILES string of the molecule is CC[C@]1(C)OC(=O)C(OC(C)C)=C1c1ccc(S(C)(=O)=O)cc1. The lowest BCUT2D eigenvalue weighted by Crippen LogP contribution is -2.26. The standard InChI is InChI=1S/C17H22O5S/c1-6-17(4)14(15(16(18)22-17)21-11(2)3)12-7-9-13(10-8-12)23(5,19)20/h7-11H,6H2,1-5H3/t17-/m0/s1. The quantitative estimate of drug-likeness (QED) is 0.772. The highest BCUT2D eigenvalue weighted by molar-refractivity contribution is 7.90. The van der Waals surface area contributed by atoms with E-state index in [4.69, 9.17) is 9.47 Å². The van der Waals surface area contributed by atoms with Crippen molar-refractivity contribution < 1.29 is 22.7 Å². The molecule has 0 amide bonds. The number of carbonyl (C=O) groups excluding carboxylic acids is 1. The van der Waals surface area contributed by atoms with Gasteiger partial charge < -0.3 is 9.47 Å². The number of sulfone groups is 1. The molecule has 1 aliphatic heterocycles. The largest absolute Gasteiger partial charge is 0.484 e. The van der Waals surface area contributed by atoms with Crippen LogP contribution in [0.1, 0.15) is 39.7 Å². The summed E-state index contributed by atoms with van der Waals surface area (Å²) in [5.74, 6) is -0.276. The molecule has 1 atom stereocenters. The van der Waals surface area contributed by atoms with E-state index in [0.29, 0.717) is 12.0 Å². The monoisotopic (exact) mass is 338 g/mol. The second kappa shape index (κ2) is 6.00. The summed E-state index contributed by atoms with van der Waals surface area (Å²) in [4.78, 5) is 12.4. The first kappa shape index (κ1) is 17.5. The first-order valence-electron chi connectivity index (χ1n) is 7.53. The first-order chi connectivity index (χ1) is 10.6. The summed E-state index contributed by atoms with van der Waals surface area (Å²) in [7, 11) is -3.27. The fourth-order valence-electron chi connectivity index (χ4n) is 2.54. The topological polar surface area (TPSA) is 69.7 Å². The van der Waals surface area contributed by atoms with Crippen molar-refractivity contribution in [2.75, 3.05) is 6.26 Å². The number of hydrogen-bond acceptors (Lipinski definition) is 5. The van der Waals surface area contributed by atoms with Crippen LogP contribution in [0.15, 0.2) is 34.9 Å². The van der Waals surface area contributed by atoms with Gasteiger partial charge in [0.15, 0.2) is 9.84 Å². The van der Waals surface area contributed by atoms with E-state index in [0.717, 1.165) is 11.8 Å². The Kier molecular flexibility index (Phi) is 4.57. The molecule has 126 valence electrons. The van der Waals surface area contributed by atoms with Gasteiger partial charge in [0.05, 0.1) is 16.6 Å². The number of esters is 1. The van der Waals surface area contributed by atoms with Gasteiger partial charge in [0.2, 0.25) is 5.76 Å². The lowest BCUT2D eigenvalue weighted by atomic mass is 9.88. The van der Waals surface area contributed by atoms with Crippen molar-refractivity contribution in [1.82, 2.24) is 0 Å². The van der Waals surface area contributed by atoms with Crippen LogP contribution in [0.25, 0.3) is 5.57 Å². The van der Waals surface area contributed by atoms with Crippen LogP contribution < -0.4 is 0 Å². The number of rotatable bonds is 5. The molecule has 0 unspecified atom stereocenters. The second-order valence-electron chi connectivity index (χ2n) is 6.14. The molecule has 1 aliphatic rings. The molecule has 0 fully saturated rings. The maximum Gasteiger partial charge on any atom is 0.374 e. The summed E-state index contributed by atoms with van der Waals surface area (Å²) in [6.07, 6.45) is 1.59. The Morgan fingerprint density at radius 2 is 1.78 bits per heavy atom. The number of ether oxygens (including phenoxy) is 2. The minimum Gasteiger partial charge on any atom is -0.484 e. The molecular formula is C17H22O5S. The van der Waals surface area contributed by atoms with E-state index in [1.807, 2.05) is 27.7 Å². The van der Waals surface area contributed by atoms with Gasteiger partial charge in [0, 0.05) is 6.26 Å². The van der Waals surface area contributed by atoms with E-state index in [9.17, 15) is 13.2 Å². The van der Waals surface area contributed by atoms with Crippen LogP contribution in [0.5, 0.6) is 0 Å². The summed E-state index contributed by atoms with van der Waals surface area (Å²) in [6, 6.07) is 6.43. The predicted octanol–water partition coefficient (Wildman–Crippen LogP) is 2.95. The molecule has 23 heavy (non-hydrogen) atoms. The average Bonchev–Trinajstić information content (AvgIpc) is 2.69. The maximum atomic E-state index is 12.2. The number of hydrogen-bond donors (Lipinski definition) is 0. The predicted molar refractivity (Wildman–Crippen MR) is 87.5 cm³/mol. The van der Waals surface area contributed by atoms with Gasteiger partial charge in [-0.2, -0.15) is 0 Å². The molecule has 2 rings (SSSR count). The zero-order chi connectivity index (χ0) is 17.4. The lowest BCUT2D eigenvalue weighted by molar-refractivity contribution is -0.148. The van der Waals surface area contributed by atoms with Crippen LogP contribution in [-0.4, -0.2) is 32.3 Å². The van der Waals surface area contributed by atoms with Crippen molar-refractivity contribution in [1.29, 1.82) is 0 Å². The molecule has 6 heteroatoms. The zero-order valence-electron chi connectivity index (χ0n) is 14.0. The molecule has 0 N–H and O–H groups in total. The van der Waals surface area contributed by atoms with E-state index < -0.39 is 21.4 Å². The van der Waals surface area contributed by atoms with Crippen molar-refractivity contribution in [3.63, 3.8) is 0 Å². The number of cyclic esters (lactones) is 1. The third kappa shape index (κ3) is 3.42. The van der Waals surface area contributed by atoms with Gasteiger partial charge in [-0.05, 0) is 44.9 Å². The summed E-state index contributed by atoms with van der Waals surface area (Å²) < 4.78 is 34.4. The van der Waals surface area contributed by atoms with Crippen LogP contribution in [0.3, 0.4) is 0 Å². The molecular weight excluding hydrogens is 316 g/mol. The Balaban J connectivity index is 2.58. The average molecular weight is 338 g/mol. The summed E-state index contributed by atoms with van der Waals surface area (Å²) in [5, 5.41) is 0. The third-order valence-corrected chi connectivity index (χ3v) is 4.99. The van der Waals surface area contributed by atoms with Crippen LogP contribution >= 0.6 is 0 Å². The van der Waals surface area contributed by atoms with E-state index >= 15 is 0 Å². The summed E-state index contributed by atoms with van der Waals surface area (Å²) in [5.41, 5.74) is 0.607. The molecule has 0 bridgehead atoms. The molecule has 0 saturated carbocycles. The molecule has 0 aromatic heterocycles. The van der Waals surface area contributed by atoms with Crippen LogP contribution in [0, 0.1) is 0 Å².